The molecule has 24 heavy (non-hydrogen) atoms. The minimum atomic E-state index is -3.56. The van der Waals surface area contributed by atoms with Gasteiger partial charge in [-0.25, -0.2) is 13.4 Å². The predicted molar refractivity (Wildman–Crippen MR) is 95.6 cm³/mol. The van der Waals surface area contributed by atoms with E-state index in [9.17, 15) is 8.42 Å². The lowest BCUT2D eigenvalue weighted by Crippen LogP contribution is -2.12. The Bertz CT molecular complexity index is 943. The van der Waals surface area contributed by atoms with Gasteiger partial charge in [0.15, 0.2) is 5.16 Å². The fourth-order valence-electron chi connectivity index (χ4n) is 2.57. The number of hydrogen-bond donors (Lipinski definition) is 1. The molecule has 0 saturated heterocycles. The summed E-state index contributed by atoms with van der Waals surface area (Å²) in [4.78, 5) is 4.85. The Morgan fingerprint density at radius 3 is 2.50 bits per heavy atom. The molecule has 2 aromatic carbocycles. The molecule has 0 aliphatic carbocycles. The first-order valence-corrected chi connectivity index (χ1v) is 9.97. The van der Waals surface area contributed by atoms with Crippen molar-refractivity contribution in [2.24, 2.45) is 0 Å². The molecule has 2 heterocycles. The molecule has 3 aromatic rings. The van der Waals surface area contributed by atoms with Crippen LogP contribution in [-0.4, -0.2) is 23.7 Å². The lowest BCUT2D eigenvalue weighted by atomic mass is 10.1. The zero-order valence-corrected chi connectivity index (χ0v) is 14.3. The topological polar surface area (TPSA) is 64.0 Å². The SMILES string of the molecule is O=S(=O)(Nc1ccc(-c2cn3c(n2)SCC3)cc1)c1ccccc1. The van der Waals surface area contributed by atoms with Gasteiger partial charge in [0.2, 0.25) is 0 Å². The van der Waals surface area contributed by atoms with Gasteiger partial charge in [-0.3, -0.25) is 4.72 Å². The second kappa shape index (κ2) is 5.99. The largest absolute Gasteiger partial charge is 0.325 e. The number of benzene rings is 2. The second-order valence-electron chi connectivity index (χ2n) is 5.45. The smallest absolute Gasteiger partial charge is 0.261 e. The van der Waals surface area contributed by atoms with E-state index in [4.69, 9.17) is 0 Å². The Balaban J connectivity index is 1.55. The maximum absolute atomic E-state index is 12.3. The number of aryl methyl sites for hydroxylation is 1. The maximum Gasteiger partial charge on any atom is 0.261 e. The van der Waals surface area contributed by atoms with Gasteiger partial charge in [-0.1, -0.05) is 42.1 Å². The quantitative estimate of drug-likeness (QED) is 0.777. The van der Waals surface area contributed by atoms with Crippen LogP contribution in [0.2, 0.25) is 0 Å². The third kappa shape index (κ3) is 2.92. The molecule has 0 amide bonds. The number of imidazole rings is 1. The van der Waals surface area contributed by atoms with E-state index < -0.39 is 10.0 Å². The summed E-state index contributed by atoms with van der Waals surface area (Å²) < 4.78 is 29.4. The highest BCUT2D eigenvalue weighted by Crippen LogP contribution is 2.29. The van der Waals surface area contributed by atoms with Crippen LogP contribution >= 0.6 is 11.8 Å². The molecule has 0 unspecified atom stereocenters. The summed E-state index contributed by atoms with van der Waals surface area (Å²) in [6, 6.07) is 15.6. The summed E-state index contributed by atoms with van der Waals surface area (Å²) in [5.74, 6) is 1.07. The fraction of sp³-hybridized carbons (Fsp3) is 0.118. The molecule has 0 bridgehead atoms. The van der Waals surface area contributed by atoms with Gasteiger partial charge in [0, 0.05) is 29.7 Å². The van der Waals surface area contributed by atoms with Gasteiger partial charge >= 0.3 is 0 Å². The molecule has 5 nitrogen and oxygen atoms in total. The number of aromatic nitrogens is 2. The van der Waals surface area contributed by atoms with E-state index in [2.05, 4.69) is 14.3 Å². The number of rotatable bonds is 4. The first-order valence-electron chi connectivity index (χ1n) is 7.50. The summed E-state index contributed by atoms with van der Waals surface area (Å²) in [5, 5.41) is 1.04. The summed E-state index contributed by atoms with van der Waals surface area (Å²) in [6.07, 6.45) is 2.04. The molecule has 0 saturated carbocycles. The standard InChI is InChI=1S/C17H15N3O2S2/c21-24(22,15-4-2-1-3-5-15)19-14-8-6-13(7-9-14)16-12-20-10-11-23-17(20)18-16/h1-9,12,19H,10-11H2. The zero-order valence-electron chi connectivity index (χ0n) is 12.7. The second-order valence-corrected chi connectivity index (χ2v) is 8.19. The summed E-state index contributed by atoms with van der Waals surface area (Å²) >= 11 is 1.75. The molecule has 0 spiro atoms. The van der Waals surface area contributed by atoms with E-state index in [1.807, 2.05) is 18.3 Å². The fourth-order valence-corrected chi connectivity index (χ4v) is 4.59. The van der Waals surface area contributed by atoms with Crippen LogP contribution in [0, 0.1) is 0 Å². The molecule has 122 valence electrons. The van der Waals surface area contributed by atoms with Crippen LogP contribution in [-0.2, 0) is 16.6 Å². The molecular formula is C17H15N3O2S2. The molecule has 1 N–H and O–H groups in total. The van der Waals surface area contributed by atoms with Crippen molar-refractivity contribution in [2.45, 2.75) is 16.6 Å². The first kappa shape index (κ1) is 15.3. The normalized spacial score (nSPS) is 13.7. The number of thioether (sulfide) groups is 1. The number of fused-ring (bicyclic) bond motifs is 1. The first-order chi connectivity index (χ1) is 11.6. The van der Waals surface area contributed by atoms with E-state index in [-0.39, 0.29) is 4.90 Å². The highest BCUT2D eigenvalue weighted by Gasteiger charge is 2.16. The van der Waals surface area contributed by atoms with Crippen LogP contribution in [0.1, 0.15) is 0 Å². The molecular weight excluding hydrogens is 342 g/mol. The van der Waals surface area contributed by atoms with Crippen molar-refractivity contribution in [3.05, 3.63) is 60.8 Å². The van der Waals surface area contributed by atoms with Crippen molar-refractivity contribution >= 4 is 27.5 Å². The van der Waals surface area contributed by atoms with E-state index >= 15 is 0 Å². The van der Waals surface area contributed by atoms with Crippen LogP contribution in [0.3, 0.4) is 0 Å². The summed E-state index contributed by atoms with van der Waals surface area (Å²) in [5.41, 5.74) is 2.42. The molecule has 1 aliphatic rings. The van der Waals surface area contributed by atoms with Crippen molar-refractivity contribution < 1.29 is 8.42 Å². The van der Waals surface area contributed by atoms with Crippen molar-refractivity contribution in [3.63, 3.8) is 0 Å². The minimum absolute atomic E-state index is 0.247. The van der Waals surface area contributed by atoms with Crippen LogP contribution in [0.5, 0.6) is 0 Å². The molecule has 1 aromatic heterocycles. The van der Waals surface area contributed by atoms with Gasteiger partial charge in [0.1, 0.15) is 0 Å². The molecule has 0 atom stereocenters. The third-order valence-corrected chi connectivity index (χ3v) is 6.16. The molecule has 4 rings (SSSR count). The van der Waals surface area contributed by atoms with Crippen LogP contribution < -0.4 is 4.72 Å². The van der Waals surface area contributed by atoms with Crippen molar-refractivity contribution in [1.29, 1.82) is 0 Å². The van der Waals surface area contributed by atoms with Crippen LogP contribution in [0.15, 0.2) is 70.8 Å². The van der Waals surface area contributed by atoms with Crippen molar-refractivity contribution in [1.82, 2.24) is 9.55 Å². The van der Waals surface area contributed by atoms with Crippen molar-refractivity contribution in [3.8, 4) is 11.3 Å². The summed E-state index contributed by atoms with van der Waals surface area (Å²) in [7, 11) is -3.56. The Morgan fingerprint density at radius 2 is 1.79 bits per heavy atom. The Kier molecular flexibility index (Phi) is 3.82. The van der Waals surface area contributed by atoms with Crippen molar-refractivity contribution in [2.75, 3.05) is 10.5 Å². The van der Waals surface area contributed by atoms with E-state index in [1.54, 1.807) is 54.2 Å². The monoisotopic (exact) mass is 357 g/mol. The Labute approximate surface area is 144 Å². The number of hydrogen-bond acceptors (Lipinski definition) is 4. The highest BCUT2D eigenvalue weighted by atomic mass is 32.2. The van der Waals surface area contributed by atoms with Gasteiger partial charge in [0.05, 0.1) is 10.6 Å². The van der Waals surface area contributed by atoms with Gasteiger partial charge in [0.25, 0.3) is 10.0 Å². The van der Waals surface area contributed by atoms with Gasteiger partial charge in [-0.05, 0) is 24.3 Å². The number of anilines is 1. The number of sulfonamides is 1. The predicted octanol–water partition coefficient (Wildman–Crippen LogP) is 3.46. The Morgan fingerprint density at radius 1 is 1.04 bits per heavy atom. The summed E-state index contributed by atoms with van der Waals surface area (Å²) in [6.45, 7) is 0.988. The average Bonchev–Trinajstić information content (AvgIpc) is 3.18. The average molecular weight is 357 g/mol. The molecule has 0 radical (unpaired) electrons. The van der Waals surface area contributed by atoms with Gasteiger partial charge in [-0.2, -0.15) is 0 Å². The zero-order chi connectivity index (χ0) is 16.6. The van der Waals surface area contributed by atoms with E-state index in [0.717, 1.165) is 28.7 Å². The molecule has 0 fully saturated rings. The Hall–Kier alpha value is -2.25. The lowest BCUT2D eigenvalue weighted by molar-refractivity contribution is 0.601. The number of nitrogens with one attached hydrogen (secondary N) is 1. The number of nitrogens with zero attached hydrogens (tertiary/aromatic N) is 2. The van der Waals surface area contributed by atoms with E-state index in [0.29, 0.717) is 5.69 Å². The molecule has 1 aliphatic heterocycles. The minimum Gasteiger partial charge on any atom is -0.325 e. The van der Waals surface area contributed by atoms with E-state index in [1.165, 1.54) is 0 Å². The van der Waals surface area contributed by atoms with Crippen LogP contribution in [0.25, 0.3) is 11.3 Å². The van der Waals surface area contributed by atoms with Crippen LogP contribution in [0.4, 0.5) is 5.69 Å². The van der Waals surface area contributed by atoms with Gasteiger partial charge in [-0.15, -0.1) is 0 Å². The maximum atomic E-state index is 12.3. The van der Waals surface area contributed by atoms with Gasteiger partial charge < -0.3 is 4.57 Å². The molecule has 7 heteroatoms. The lowest BCUT2D eigenvalue weighted by Gasteiger charge is -2.08. The highest BCUT2D eigenvalue weighted by molar-refractivity contribution is 7.99. The third-order valence-electron chi connectivity index (χ3n) is 3.79.